The van der Waals surface area contributed by atoms with Crippen LogP contribution in [-0.2, 0) is 18.8 Å². The Hall–Kier alpha value is -4.15. The fourth-order valence-electron chi connectivity index (χ4n) is 6.35. The van der Waals surface area contributed by atoms with E-state index in [-0.39, 0.29) is 141 Å². The number of nitro benzene ring substituents is 2. The zero-order valence-electron chi connectivity index (χ0n) is 45.5. The van der Waals surface area contributed by atoms with E-state index in [0.29, 0.717) is 46.2 Å². The van der Waals surface area contributed by atoms with Crippen molar-refractivity contribution < 1.29 is 143 Å². The Morgan fingerprint density at radius 3 is 1.46 bits per heavy atom. The van der Waals surface area contributed by atoms with Gasteiger partial charge in [0.15, 0.2) is 0 Å². The van der Waals surface area contributed by atoms with Gasteiger partial charge in [-0.2, -0.15) is 14.4 Å². The van der Waals surface area contributed by atoms with Gasteiger partial charge in [-0.05, 0) is 128 Å². The normalized spacial score (nSPS) is 10.4. The minimum absolute atomic E-state index is 0. The third kappa shape index (κ3) is 25.5. The number of hydrogen-bond acceptors (Lipinski definition) is 20. The second-order valence-corrected chi connectivity index (χ2v) is 23.6. The quantitative estimate of drug-likeness (QED) is 0.0214. The number of hydrogen-bond donors (Lipinski definition) is 4. The van der Waals surface area contributed by atoms with Crippen LogP contribution in [0.4, 0.5) is 67.7 Å². The number of halogens is 1. The molecule has 4 aromatic carbocycles. The van der Waals surface area contributed by atoms with Crippen LogP contribution in [0.1, 0.15) is 28.6 Å². The van der Waals surface area contributed by atoms with Crippen molar-refractivity contribution in [3.05, 3.63) is 136 Å². The molecule has 0 aliphatic heterocycles. The fraction of sp³-hybridized carbons (Fsp3) is 0.327. The molecule has 402 valence electrons. The van der Waals surface area contributed by atoms with Crippen molar-refractivity contribution >= 4 is 94.7 Å². The average Bonchev–Trinajstić information content (AvgIpc) is 3.33. The van der Waals surface area contributed by atoms with Crippen molar-refractivity contribution in [1.82, 2.24) is 29.7 Å². The van der Waals surface area contributed by atoms with Gasteiger partial charge in [-0.1, -0.05) is 45.0 Å². The number of para-hydroxylation sites is 2. The summed E-state index contributed by atoms with van der Waals surface area (Å²) in [5.74, 6) is 0.469. The minimum Gasteiger partial charge on any atom is -1.00 e. The maximum Gasteiger partial charge on any atom is 1.00 e. The molecule has 2 heterocycles. The Morgan fingerprint density at radius 2 is 1.08 bits per heavy atom. The summed E-state index contributed by atoms with van der Waals surface area (Å²) < 4.78 is 38.6. The first kappa shape index (κ1) is 71.9. The molecule has 0 unspecified atom stereocenters. The van der Waals surface area contributed by atoms with Crippen LogP contribution in [-0.4, -0.2) is 128 Å². The number of carbonyl (C=O) groups is 1. The van der Waals surface area contributed by atoms with Gasteiger partial charge in [-0.3, -0.25) is 25.0 Å². The number of rotatable bonds is 20. The molecule has 0 fully saturated rings. The molecule has 2 aromatic heterocycles. The molecule has 27 heteroatoms. The largest absolute Gasteiger partial charge is 1.00 e. The van der Waals surface area contributed by atoms with Crippen molar-refractivity contribution in [1.29, 1.82) is 0 Å². The van der Waals surface area contributed by atoms with Crippen molar-refractivity contribution in [3.8, 4) is 0 Å². The Morgan fingerprint density at radius 1 is 0.658 bits per heavy atom. The summed E-state index contributed by atoms with van der Waals surface area (Å²) in [6.45, 7) is 11.5. The van der Waals surface area contributed by atoms with E-state index in [1.54, 1.807) is 69.3 Å². The molecule has 0 atom stereocenters. The number of unbranched alkanes of at least 4 members (excludes halogenated alkanes) is 1. The average molecular weight is 1140 g/mol. The van der Waals surface area contributed by atoms with E-state index < -0.39 is 35.6 Å². The van der Waals surface area contributed by atoms with E-state index >= 15 is 0 Å². The molecular weight excluding hydrogens is 1070 g/mol. The van der Waals surface area contributed by atoms with Gasteiger partial charge in [0, 0.05) is 66.6 Å². The molecule has 0 radical (unpaired) electrons. The molecule has 6 aromatic rings. The Labute approximate surface area is 531 Å². The SMILES string of the molecule is C.CCCCN(C)C.CN(C)CCN(C)c1ccc(Nc2nccc(Nc3ccccc3P(C)(C)=O)n2)cc1[N+](=O)[O-].CP(C)(=O)c1ccccc1Nc1ccnc(Nc2ccc(F)c([N+](=O)[O-])c2)n1.O=CO[O-].[H-].[K+].[K+]. The maximum atomic E-state index is 13.5. The van der Waals surface area contributed by atoms with Gasteiger partial charge in [0.1, 0.15) is 31.6 Å². The number of carbonyl (C=O) groups excluding carboxylic acids is 1. The molecule has 0 saturated carbocycles. The second-order valence-electron chi connectivity index (χ2n) is 17.2. The van der Waals surface area contributed by atoms with Crippen LogP contribution in [0.25, 0.3) is 0 Å². The van der Waals surface area contributed by atoms with Crippen LogP contribution in [0.2, 0.25) is 0 Å². The number of nitrogens with zero attached hydrogens (tertiary/aromatic N) is 9. The molecule has 76 heavy (non-hydrogen) atoms. The van der Waals surface area contributed by atoms with E-state index in [2.05, 4.69) is 72.0 Å². The van der Waals surface area contributed by atoms with Crippen molar-refractivity contribution in [2.45, 2.75) is 27.2 Å². The van der Waals surface area contributed by atoms with E-state index in [4.69, 9.17) is 10.1 Å². The minimum atomic E-state index is -2.50. The number of benzene rings is 4. The number of nitrogens with one attached hydrogen (secondary N) is 4. The molecule has 0 aliphatic carbocycles. The summed E-state index contributed by atoms with van der Waals surface area (Å²) in [6, 6.07) is 26.3. The molecule has 0 amide bonds. The Bertz CT molecular complexity index is 2870. The monoisotopic (exact) mass is 1140 g/mol. The third-order valence-corrected chi connectivity index (χ3v) is 13.0. The third-order valence-electron chi connectivity index (χ3n) is 9.92. The first-order valence-electron chi connectivity index (χ1n) is 22.5. The molecule has 0 bridgehead atoms. The number of aromatic nitrogens is 4. The van der Waals surface area contributed by atoms with Gasteiger partial charge >= 0.3 is 108 Å². The summed E-state index contributed by atoms with van der Waals surface area (Å²) in [6.07, 6.45) is 5.70. The van der Waals surface area contributed by atoms with Crippen LogP contribution < -0.4 is 145 Å². The predicted molar refractivity (Wildman–Crippen MR) is 295 cm³/mol. The summed E-state index contributed by atoms with van der Waals surface area (Å²) in [7, 11) is 4.97. The van der Waals surface area contributed by atoms with Crippen molar-refractivity contribution in [3.63, 3.8) is 0 Å². The fourth-order valence-corrected chi connectivity index (χ4v) is 8.67. The molecule has 0 spiro atoms. The van der Waals surface area contributed by atoms with Gasteiger partial charge in [-0.15, -0.1) is 0 Å². The Balaban J connectivity index is 0. The van der Waals surface area contributed by atoms with E-state index in [1.165, 1.54) is 37.7 Å². The second kappa shape index (κ2) is 36.1. The van der Waals surface area contributed by atoms with Gasteiger partial charge in [0.25, 0.3) is 12.2 Å². The number of nitro groups is 2. The zero-order valence-corrected chi connectivity index (χ0v) is 52.5. The Kier molecular flexibility index (Phi) is 34.1. The van der Waals surface area contributed by atoms with Gasteiger partial charge < -0.3 is 56.7 Å². The topological polar surface area (TPSA) is 279 Å². The molecule has 22 nitrogen and oxygen atoms in total. The van der Waals surface area contributed by atoms with Crippen LogP contribution >= 0.6 is 14.3 Å². The van der Waals surface area contributed by atoms with Crippen LogP contribution in [0, 0.1) is 26.0 Å². The maximum absolute atomic E-state index is 13.5. The first-order valence-corrected chi connectivity index (χ1v) is 27.7. The molecular formula is C49H68FK2N13O9P2. The standard InChI is InChI=1S/C23H30N7O3P.C18H17FN5O3P.C6H15N.CH2O3.CH4.2K.H/c1-28(2)14-15-29(3)19-11-10-17(16-20(19)30(31)32)25-23-24-13-12-22(27-23)26-18-8-6-7-9-21(18)34(4,5)33;1-28(2,27)16-6-4-3-5-14(16)22-17-9-10-20-18(23-17)21-12-7-8-13(19)15(11-12)24(25)26;1-4-5-6-7(2)3;2-1-4-3;;;;/h6-13,16H,14-15H2,1-5H3,(H2,24,25,26,27);3-11H,1-2H3,(H2,20,21,22,23);4-6H2,1-3H3;1,3H;1H4;;;/q;;;;;2*+1;-1/p-1. The molecule has 6 rings (SSSR count). The molecule has 4 N–H and O–H groups in total. The van der Waals surface area contributed by atoms with Gasteiger partial charge in [0.05, 0.1) is 21.2 Å². The van der Waals surface area contributed by atoms with Gasteiger partial charge in [0.2, 0.25) is 17.7 Å². The molecule has 0 saturated heterocycles. The predicted octanol–water partition coefficient (Wildman–Crippen LogP) is 2.92. The molecule has 0 aliphatic rings. The van der Waals surface area contributed by atoms with Crippen LogP contribution in [0.15, 0.2) is 109 Å². The summed E-state index contributed by atoms with van der Waals surface area (Å²) in [4.78, 5) is 55.8. The smallest absolute Gasteiger partial charge is 1.00 e. The summed E-state index contributed by atoms with van der Waals surface area (Å²) >= 11 is 0. The number of anilines is 9. The van der Waals surface area contributed by atoms with Crippen molar-refractivity contribution in [2.75, 3.05) is 108 Å². The first-order chi connectivity index (χ1) is 34.5. The van der Waals surface area contributed by atoms with E-state index in [1.807, 2.05) is 67.3 Å². The van der Waals surface area contributed by atoms with E-state index in [9.17, 15) is 33.7 Å². The van der Waals surface area contributed by atoms with Gasteiger partial charge in [-0.25, -0.2) is 9.97 Å². The van der Waals surface area contributed by atoms with Crippen molar-refractivity contribution in [2.24, 2.45) is 0 Å². The van der Waals surface area contributed by atoms with Crippen LogP contribution in [0.3, 0.4) is 0 Å². The number of likely N-dealkylation sites (N-methyl/N-ethyl adjacent to an activating group) is 2. The van der Waals surface area contributed by atoms with E-state index in [0.717, 1.165) is 24.0 Å². The zero-order chi connectivity index (χ0) is 54.3. The summed E-state index contributed by atoms with van der Waals surface area (Å²) in [5.41, 5.74) is 2.04. The van der Waals surface area contributed by atoms with Crippen LogP contribution in [0.5, 0.6) is 0 Å². The summed E-state index contributed by atoms with van der Waals surface area (Å²) in [5, 5.41) is 44.6.